The highest BCUT2D eigenvalue weighted by atomic mass is 32.2. The Balaban J connectivity index is 1.58. The minimum absolute atomic E-state index is 0.294. The third kappa shape index (κ3) is 2.54. The monoisotopic (exact) mass is 348 g/mol. The molecule has 0 unspecified atom stereocenters. The van der Waals surface area contributed by atoms with Crippen molar-refractivity contribution in [3.8, 4) is 11.5 Å². The standard InChI is InChI=1S/C16H20N4O3S/c17-16(8-3-9-16)15-18-14(23-19-15)12-4-6-13(7-5-12)24(21,22)20-10-1-2-11-20/h4-7H,1-3,8-11,17H2. The van der Waals surface area contributed by atoms with Gasteiger partial charge in [0.1, 0.15) is 0 Å². The van der Waals surface area contributed by atoms with Gasteiger partial charge in [0, 0.05) is 18.7 Å². The highest BCUT2D eigenvalue weighted by Gasteiger charge is 2.39. The van der Waals surface area contributed by atoms with Crippen LogP contribution in [0.5, 0.6) is 0 Å². The molecule has 2 N–H and O–H groups in total. The van der Waals surface area contributed by atoms with Crippen LogP contribution in [-0.2, 0) is 15.6 Å². The van der Waals surface area contributed by atoms with Crippen molar-refractivity contribution in [2.75, 3.05) is 13.1 Å². The predicted molar refractivity (Wildman–Crippen MR) is 87.4 cm³/mol. The summed E-state index contributed by atoms with van der Waals surface area (Å²) in [4.78, 5) is 4.67. The Morgan fingerprint density at radius 3 is 2.33 bits per heavy atom. The van der Waals surface area contributed by atoms with Crippen LogP contribution in [0.3, 0.4) is 0 Å². The molecule has 0 radical (unpaired) electrons. The molecule has 0 atom stereocenters. The second-order valence-corrected chi connectivity index (χ2v) is 8.51. The maximum Gasteiger partial charge on any atom is 0.257 e. The van der Waals surface area contributed by atoms with Crippen LogP contribution >= 0.6 is 0 Å². The van der Waals surface area contributed by atoms with Gasteiger partial charge in [-0.15, -0.1) is 0 Å². The lowest BCUT2D eigenvalue weighted by Crippen LogP contribution is -2.44. The molecule has 0 bridgehead atoms. The summed E-state index contributed by atoms with van der Waals surface area (Å²) in [6, 6.07) is 6.58. The maximum absolute atomic E-state index is 12.5. The molecule has 2 aromatic rings. The van der Waals surface area contributed by atoms with E-state index in [0.29, 0.717) is 35.3 Å². The molecule has 1 aliphatic heterocycles. The van der Waals surface area contributed by atoms with Gasteiger partial charge in [0.25, 0.3) is 5.89 Å². The fraction of sp³-hybridized carbons (Fsp3) is 0.500. The van der Waals surface area contributed by atoms with E-state index < -0.39 is 15.6 Å². The highest BCUT2D eigenvalue weighted by molar-refractivity contribution is 7.89. The normalized spacial score (nSPS) is 20.9. The third-order valence-electron chi connectivity index (χ3n) is 4.92. The lowest BCUT2D eigenvalue weighted by molar-refractivity contribution is 0.229. The zero-order valence-electron chi connectivity index (χ0n) is 13.3. The van der Waals surface area contributed by atoms with Crippen molar-refractivity contribution in [3.63, 3.8) is 0 Å². The van der Waals surface area contributed by atoms with Crippen molar-refractivity contribution >= 4 is 10.0 Å². The lowest BCUT2D eigenvalue weighted by atomic mass is 9.77. The largest absolute Gasteiger partial charge is 0.334 e. The van der Waals surface area contributed by atoms with E-state index in [2.05, 4.69) is 10.1 Å². The summed E-state index contributed by atoms with van der Waals surface area (Å²) in [6.45, 7) is 1.19. The van der Waals surface area contributed by atoms with E-state index in [4.69, 9.17) is 10.3 Å². The minimum Gasteiger partial charge on any atom is -0.334 e. The molecule has 2 heterocycles. The van der Waals surface area contributed by atoms with E-state index in [-0.39, 0.29) is 0 Å². The number of hydrogen-bond donors (Lipinski definition) is 1. The first-order chi connectivity index (χ1) is 11.5. The van der Waals surface area contributed by atoms with Crippen molar-refractivity contribution in [2.24, 2.45) is 5.73 Å². The first-order valence-corrected chi connectivity index (χ1v) is 9.67. The average molecular weight is 348 g/mol. The number of sulfonamides is 1. The van der Waals surface area contributed by atoms with Crippen molar-refractivity contribution in [1.82, 2.24) is 14.4 Å². The van der Waals surface area contributed by atoms with Crippen LogP contribution in [-0.4, -0.2) is 36.0 Å². The first kappa shape index (κ1) is 15.7. The summed E-state index contributed by atoms with van der Waals surface area (Å²) in [6.07, 6.45) is 4.63. The van der Waals surface area contributed by atoms with Crippen LogP contribution in [0.15, 0.2) is 33.7 Å². The van der Waals surface area contributed by atoms with Crippen LogP contribution in [0.4, 0.5) is 0 Å². The molecule has 24 heavy (non-hydrogen) atoms. The van der Waals surface area contributed by atoms with Crippen molar-refractivity contribution in [2.45, 2.75) is 42.5 Å². The van der Waals surface area contributed by atoms with Crippen LogP contribution in [0.2, 0.25) is 0 Å². The van der Waals surface area contributed by atoms with Crippen LogP contribution in [0.1, 0.15) is 37.9 Å². The van der Waals surface area contributed by atoms with E-state index in [0.717, 1.165) is 32.1 Å². The second-order valence-electron chi connectivity index (χ2n) is 6.57. The molecular weight excluding hydrogens is 328 g/mol. The molecule has 1 saturated carbocycles. The van der Waals surface area contributed by atoms with Gasteiger partial charge in [0.05, 0.1) is 10.4 Å². The molecule has 4 rings (SSSR count). The Morgan fingerprint density at radius 1 is 1.08 bits per heavy atom. The van der Waals surface area contributed by atoms with E-state index >= 15 is 0 Å². The number of hydrogen-bond acceptors (Lipinski definition) is 6. The van der Waals surface area contributed by atoms with Gasteiger partial charge in [-0.2, -0.15) is 9.29 Å². The van der Waals surface area contributed by atoms with Gasteiger partial charge in [-0.25, -0.2) is 8.42 Å². The SMILES string of the molecule is NC1(c2noc(-c3ccc(S(=O)(=O)N4CCCC4)cc3)n2)CCC1. The second kappa shape index (κ2) is 5.65. The third-order valence-corrected chi connectivity index (χ3v) is 6.83. The molecule has 1 aromatic heterocycles. The number of benzene rings is 1. The molecular formula is C16H20N4O3S. The van der Waals surface area contributed by atoms with E-state index in [9.17, 15) is 8.42 Å². The zero-order chi connectivity index (χ0) is 16.8. The van der Waals surface area contributed by atoms with Crippen LogP contribution in [0, 0.1) is 0 Å². The Kier molecular flexibility index (Phi) is 3.70. The lowest BCUT2D eigenvalue weighted by Gasteiger charge is -2.34. The summed E-state index contributed by atoms with van der Waals surface area (Å²) >= 11 is 0. The topological polar surface area (TPSA) is 102 Å². The minimum atomic E-state index is -3.40. The van der Waals surface area contributed by atoms with Gasteiger partial charge in [0.2, 0.25) is 10.0 Å². The number of rotatable bonds is 4. The smallest absolute Gasteiger partial charge is 0.257 e. The summed E-state index contributed by atoms with van der Waals surface area (Å²) < 4.78 is 31.9. The van der Waals surface area contributed by atoms with Crippen LogP contribution in [0.25, 0.3) is 11.5 Å². The van der Waals surface area contributed by atoms with Gasteiger partial charge in [-0.3, -0.25) is 0 Å². The van der Waals surface area contributed by atoms with E-state index in [1.54, 1.807) is 24.3 Å². The maximum atomic E-state index is 12.5. The number of nitrogens with zero attached hydrogens (tertiary/aromatic N) is 3. The van der Waals surface area contributed by atoms with Crippen molar-refractivity contribution in [3.05, 3.63) is 30.1 Å². The Labute approximate surface area is 140 Å². The van der Waals surface area contributed by atoms with E-state index in [1.807, 2.05) is 0 Å². The quantitative estimate of drug-likeness (QED) is 0.905. The fourth-order valence-electron chi connectivity index (χ4n) is 3.17. The number of aromatic nitrogens is 2. The molecule has 1 saturated heterocycles. The molecule has 128 valence electrons. The molecule has 2 aliphatic rings. The fourth-order valence-corrected chi connectivity index (χ4v) is 4.69. The summed E-state index contributed by atoms with van der Waals surface area (Å²) in [7, 11) is -3.40. The summed E-state index contributed by atoms with van der Waals surface area (Å²) in [5, 5.41) is 3.98. The summed E-state index contributed by atoms with van der Waals surface area (Å²) in [5.74, 6) is 0.893. The first-order valence-electron chi connectivity index (χ1n) is 8.23. The Morgan fingerprint density at radius 2 is 1.75 bits per heavy atom. The molecule has 7 nitrogen and oxygen atoms in total. The van der Waals surface area contributed by atoms with E-state index in [1.165, 1.54) is 4.31 Å². The van der Waals surface area contributed by atoms with Gasteiger partial charge in [-0.1, -0.05) is 5.16 Å². The van der Waals surface area contributed by atoms with Gasteiger partial charge in [0.15, 0.2) is 5.82 Å². The van der Waals surface area contributed by atoms with Gasteiger partial charge in [-0.05, 0) is 56.4 Å². The molecule has 0 amide bonds. The Hall–Kier alpha value is -1.77. The highest BCUT2D eigenvalue weighted by Crippen LogP contribution is 2.37. The molecule has 1 aliphatic carbocycles. The van der Waals surface area contributed by atoms with Gasteiger partial charge >= 0.3 is 0 Å². The van der Waals surface area contributed by atoms with Crippen molar-refractivity contribution in [1.29, 1.82) is 0 Å². The van der Waals surface area contributed by atoms with Crippen molar-refractivity contribution < 1.29 is 12.9 Å². The van der Waals surface area contributed by atoms with Gasteiger partial charge < -0.3 is 10.3 Å². The van der Waals surface area contributed by atoms with Crippen LogP contribution < -0.4 is 5.73 Å². The molecule has 0 spiro atoms. The zero-order valence-corrected chi connectivity index (χ0v) is 14.1. The molecule has 1 aromatic carbocycles. The molecule has 2 fully saturated rings. The Bertz CT molecular complexity index is 834. The average Bonchev–Trinajstić information content (AvgIpc) is 3.24. The predicted octanol–water partition coefficient (Wildman–Crippen LogP) is 1.86. The molecule has 8 heteroatoms. The summed E-state index contributed by atoms with van der Waals surface area (Å²) in [5.41, 5.74) is 6.42. The number of nitrogens with two attached hydrogens (primary N) is 1.